The van der Waals surface area contributed by atoms with Crippen LogP contribution in [-0.4, -0.2) is 16.0 Å². The molecule has 1 aromatic carbocycles. The summed E-state index contributed by atoms with van der Waals surface area (Å²) in [6.07, 6.45) is 0.977. The largest absolute Gasteiger partial charge is 0.418 e. The SMILES string of the molecule is C[C@H]1C[C@@H](N)C[C@H](c2ccc(C(F)(F)F)c3nccnc23)C1. The van der Waals surface area contributed by atoms with Crippen molar-refractivity contribution in [3.8, 4) is 0 Å². The number of fused-ring (bicyclic) bond motifs is 1. The van der Waals surface area contributed by atoms with E-state index in [0.717, 1.165) is 30.9 Å². The van der Waals surface area contributed by atoms with Gasteiger partial charge in [0.2, 0.25) is 0 Å². The molecule has 1 heterocycles. The quantitative estimate of drug-likeness (QED) is 0.869. The first-order valence-corrected chi connectivity index (χ1v) is 7.42. The van der Waals surface area contributed by atoms with Crippen LogP contribution in [0, 0.1) is 5.92 Å². The fourth-order valence-corrected chi connectivity index (χ4v) is 3.55. The average molecular weight is 309 g/mol. The van der Waals surface area contributed by atoms with Gasteiger partial charge in [0.05, 0.1) is 11.1 Å². The molecular weight excluding hydrogens is 291 g/mol. The third-order valence-electron chi connectivity index (χ3n) is 4.38. The molecule has 6 heteroatoms. The third-order valence-corrected chi connectivity index (χ3v) is 4.38. The minimum absolute atomic E-state index is 0.0701. The van der Waals surface area contributed by atoms with Crippen LogP contribution in [0.3, 0.4) is 0 Å². The number of hydrogen-bond acceptors (Lipinski definition) is 3. The van der Waals surface area contributed by atoms with Crippen LogP contribution in [0.1, 0.15) is 43.2 Å². The number of nitrogens with two attached hydrogens (primary N) is 1. The number of halogens is 3. The summed E-state index contributed by atoms with van der Waals surface area (Å²) in [5.74, 6) is 0.600. The molecule has 0 radical (unpaired) electrons. The summed E-state index contributed by atoms with van der Waals surface area (Å²) in [5, 5.41) is 0. The van der Waals surface area contributed by atoms with Crippen molar-refractivity contribution in [3.05, 3.63) is 35.7 Å². The summed E-state index contributed by atoms with van der Waals surface area (Å²) in [5.41, 5.74) is 6.46. The van der Waals surface area contributed by atoms with E-state index in [9.17, 15) is 13.2 Å². The van der Waals surface area contributed by atoms with Crippen LogP contribution in [0.15, 0.2) is 24.5 Å². The number of aromatic nitrogens is 2. The van der Waals surface area contributed by atoms with Crippen molar-refractivity contribution in [2.24, 2.45) is 11.7 Å². The van der Waals surface area contributed by atoms with E-state index in [4.69, 9.17) is 5.73 Å². The molecule has 1 aromatic heterocycles. The van der Waals surface area contributed by atoms with E-state index in [-0.39, 0.29) is 17.5 Å². The molecule has 0 bridgehead atoms. The first-order chi connectivity index (χ1) is 10.4. The van der Waals surface area contributed by atoms with Gasteiger partial charge in [0, 0.05) is 18.4 Å². The predicted octanol–water partition coefficient (Wildman–Crippen LogP) is 3.88. The first-order valence-electron chi connectivity index (χ1n) is 7.42. The van der Waals surface area contributed by atoms with Gasteiger partial charge in [-0.3, -0.25) is 9.97 Å². The van der Waals surface area contributed by atoms with Crippen molar-refractivity contribution >= 4 is 11.0 Å². The molecule has 0 spiro atoms. The Balaban J connectivity index is 2.12. The highest BCUT2D eigenvalue weighted by Gasteiger charge is 2.35. The normalized spacial score (nSPS) is 26.3. The molecule has 1 aliphatic carbocycles. The Hall–Kier alpha value is -1.69. The number of hydrogen-bond donors (Lipinski definition) is 1. The molecule has 1 saturated carbocycles. The Labute approximate surface area is 126 Å². The summed E-state index contributed by atoms with van der Waals surface area (Å²) in [6, 6.07) is 2.76. The van der Waals surface area contributed by atoms with E-state index in [0.29, 0.717) is 11.4 Å². The van der Waals surface area contributed by atoms with Crippen LogP contribution < -0.4 is 5.73 Å². The van der Waals surface area contributed by atoms with Gasteiger partial charge in [-0.2, -0.15) is 13.2 Å². The molecule has 3 rings (SSSR count). The van der Waals surface area contributed by atoms with E-state index in [2.05, 4.69) is 16.9 Å². The Morgan fingerprint density at radius 2 is 1.73 bits per heavy atom. The first kappa shape index (κ1) is 15.2. The highest BCUT2D eigenvalue weighted by molar-refractivity contribution is 5.82. The van der Waals surface area contributed by atoms with Crippen LogP contribution in [0.4, 0.5) is 13.2 Å². The second-order valence-electron chi connectivity index (χ2n) is 6.22. The molecular formula is C16H18F3N3. The number of alkyl halides is 3. The van der Waals surface area contributed by atoms with E-state index in [1.54, 1.807) is 6.07 Å². The summed E-state index contributed by atoms with van der Waals surface area (Å²) < 4.78 is 39.4. The van der Waals surface area contributed by atoms with Crippen molar-refractivity contribution in [3.63, 3.8) is 0 Å². The topological polar surface area (TPSA) is 51.8 Å². The summed E-state index contributed by atoms with van der Waals surface area (Å²) >= 11 is 0. The van der Waals surface area contributed by atoms with Gasteiger partial charge >= 0.3 is 6.18 Å². The van der Waals surface area contributed by atoms with Crippen molar-refractivity contribution in [1.29, 1.82) is 0 Å². The predicted molar refractivity (Wildman–Crippen MR) is 78.3 cm³/mol. The van der Waals surface area contributed by atoms with Crippen molar-refractivity contribution in [1.82, 2.24) is 9.97 Å². The van der Waals surface area contributed by atoms with Crippen molar-refractivity contribution in [2.45, 2.75) is 44.3 Å². The molecule has 1 aliphatic rings. The summed E-state index contributed by atoms with van der Waals surface area (Å²) in [7, 11) is 0. The monoisotopic (exact) mass is 309 g/mol. The summed E-state index contributed by atoms with van der Waals surface area (Å²) in [4.78, 5) is 8.10. The lowest BCUT2D eigenvalue weighted by Crippen LogP contribution is -2.31. The van der Waals surface area contributed by atoms with Crippen LogP contribution in [0.5, 0.6) is 0 Å². The Morgan fingerprint density at radius 1 is 1.05 bits per heavy atom. The van der Waals surface area contributed by atoms with Crippen molar-refractivity contribution in [2.75, 3.05) is 0 Å². The van der Waals surface area contributed by atoms with Crippen LogP contribution in [0.25, 0.3) is 11.0 Å². The Kier molecular flexibility index (Phi) is 3.80. The molecule has 1 fully saturated rings. The molecule has 3 nitrogen and oxygen atoms in total. The standard InChI is InChI=1S/C16H18F3N3/c1-9-6-10(8-11(20)7-9)12-2-3-13(16(17,18)19)15-14(12)21-4-5-22-15/h2-5,9-11H,6-8,20H2,1H3/t9-,10-,11-/m1/s1. The van der Waals surface area contributed by atoms with E-state index >= 15 is 0 Å². The smallest absolute Gasteiger partial charge is 0.328 e. The zero-order valence-electron chi connectivity index (χ0n) is 12.3. The lowest BCUT2D eigenvalue weighted by molar-refractivity contribution is -0.136. The number of benzene rings is 1. The zero-order chi connectivity index (χ0) is 15.9. The minimum Gasteiger partial charge on any atom is -0.328 e. The zero-order valence-corrected chi connectivity index (χ0v) is 12.3. The van der Waals surface area contributed by atoms with Gasteiger partial charge in [0.15, 0.2) is 0 Å². The summed E-state index contributed by atoms with van der Waals surface area (Å²) in [6.45, 7) is 2.13. The second kappa shape index (κ2) is 5.50. The van der Waals surface area contributed by atoms with Gasteiger partial charge in [-0.05, 0) is 42.7 Å². The van der Waals surface area contributed by atoms with Crippen LogP contribution in [0.2, 0.25) is 0 Å². The highest BCUT2D eigenvalue weighted by atomic mass is 19.4. The molecule has 3 atom stereocenters. The fraction of sp³-hybridized carbons (Fsp3) is 0.500. The Bertz CT molecular complexity index is 674. The maximum absolute atomic E-state index is 13.1. The molecule has 0 amide bonds. The number of nitrogens with zero attached hydrogens (tertiary/aromatic N) is 2. The molecule has 118 valence electrons. The van der Waals surface area contributed by atoms with E-state index < -0.39 is 11.7 Å². The molecule has 0 aliphatic heterocycles. The van der Waals surface area contributed by atoms with Gasteiger partial charge < -0.3 is 5.73 Å². The fourth-order valence-electron chi connectivity index (χ4n) is 3.55. The molecule has 22 heavy (non-hydrogen) atoms. The highest BCUT2D eigenvalue weighted by Crippen LogP contribution is 2.40. The van der Waals surface area contributed by atoms with Crippen LogP contribution >= 0.6 is 0 Å². The molecule has 0 unspecified atom stereocenters. The van der Waals surface area contributed by atoms with Gasteiger partial charge in [-0.25, -0.2) is 0 Å². The lowest BCUT2D eigenvalue weighted by Gasteiger charge is -2.32. The van der Waals surface area contributed by atoms with E-state index in [1.165, 1.54) is 12.4 Å². The Morgan fingerprint density at radius 3 is 2.36 bits per heavy atom. The second-order valence-corrected chi connectivity index (χ2v) is 6.22. The van der Waals surface area contributed by atoms with Gasteiger partial charge in [0.25, 0.3) is 0 Å². The van der Waals surface area contributed by atoms with Gasteiger partial charge in [-0.1, -0.05) is 13.0 Å². The molecule has 0 saturated heterocycles. The molecule has 2 aromatic rings. The number of rotatable bonds is 1. The lowest BCUT2D eigenvalue weighted by atomic mass is 9.76. The van der Waals surface area contributed by atoms with Gasteiger partial charge in [0.1, 0.15) is 5.52 Å². The average Bonchev–Trinajstić information content (AvgIpc) is 2.44. The maximum atomic E-state index is 13.1. The van der Waals surface area contributed by atoms with Crippen LogP contribution in [-0.2, 0) is 6.18 Å². The van der Waals surface area contributed by atoms with E-state index in [1.807, 2.05) is 0 Å². The maximum Gasteiger partial charge on any atom is 0.418 e. The van der Waals surface area contributed by atoms with Gasteiger partial charge in [-0.15, -0.1) is 0 Å². The minimum atomic E-state index is -4.43. The van der Waals surface area contributed by atoms with Crippen molar-refractivity contribution < 1.29 is 13.2 Å². The third kappa shape index (κ3) is 2.79. The molecule has 2 N–H and O–H groups in total.